The van der Waals surface area contributed by atoms with Crippen molar-refractivity contribution < 1.29 is 61.7 Å². The first kappa shape index (κ1) is 18.5. The van der Waals surface area contributed by atoms with Crippen LogP contribution in [-0.2, 0) is 24.1 Å². The molecule has 1 fully saturated rings. The average molecular weight is 298 g/mol. The van der Waals surface area contributed by atoms with Gasteiger partial charge in [-0.3, -0.25) is 11.2 Å². The van der Waals surface area contributed by atoms with Crippen LogP contribution >= 0.6 is 0 Å². The summed E-state index contributed by atoms with van der Waals surface area (Å²) in [6.07, 6.45) is 8.91. The summed E-state index contributed by atoms with van der Waals surface area (Å²) in [5, 5.41) is 0. The van der Waals surface area contributed by atoms with Crippen LogP contribution in [-0.4, -0.2) is 35.8 Å². The number of hydrogen-bond acceptors (Lipinski definition) is 3. The standard InChI is InChI=1S/C16H20NO.K.H2O/c18-11-8-13-4-5-14-6-9-17(16-2-1-3-16)10-7-15(14)12-13;;/h4-5,12,16H,1-3,6-10H2;;1H2/q-1;+1;/p-1. The fourth-order valence-corrected chi connectivity index (χ4v) is 3.11. The van der Waals surface area contributed by atoms with Crippen LogP contribution in [0.2, 0.25) is 0 Å². The van der Waals surface area contributed by atoms with Gasteiger partial charge in [-0.1, -0.05) is 30.2 Å². The van der Waals surface area contributed by atoms with Crippen LogP contribution in [0.15, 0.2) is 18.2 Å². The van der Waals surface area contributed by atoms with Crippen molar-refractivity contribution in [3.05, 3.63) is 34.9 Å². The first-order chi connectivity index (χ1) is 8.86. The Labute approximate surface area is 163 Å². The van der Waals surface area contributed by atoms with Crippen molar-refractivity contribution in [3.8, 4) is 0 Å². The van der Waals surface area contributed by atoms with E-state index in [0.717, 1.165) is 24.4 Å². The predicted molar refractivity (Wildman–Crippen MR) is 74.4 cm³/mol. The average Bonchev–Trinajstić information content (AvgIpc) is 2.51. The van der Waals surface area contributed by atoms with Gasteiger partial charge in [-0.05, 0) is 36.8 Å². The number of nitrogens with zero attached hydrogens (tertiary/aromatic N) is 1. The van der Waals surface area contributed by atoms with E-state index < -0.39 is 0 Å². The topological polar surface area (TPSA) is 50.3 Å². The maximum Gasteiger partial charge on any atom is 1.00 e. The van der Waals surface area contributed by atoms with Gasteiger partial charge >= 0.3 is 51.4 Å². The smallest absolute Gasteiger partial charge is 0.870 e. The van der Waals surface area contributed by atoms with Crippen LogP contribution in [0.25, 0.3) is 0 Å². The molecule has 20 heavy (non-hydrogen) atoms. The predicted octanol–water partition coefficient (Wildman–Crippen LogP) is -0.881. The van der Waals surface area contributed by atoms with Crippen molar-refractivity contribution in [1.29, 1.82) is 0 Å². The molecule has 0 spiro atoms. The number of benzene rings is 1. The van der Waals surface area contributed by atoms with Crippen molar-refractivity contribution in [3.63, 3.8) is 0 Å². The Morgan fingerprint density at radius 1 is 1.15 bits per heavy atom. The van der Waals surface area contributed by atoms with Crippen LogP contribution in [0.3, 0.4) is 0 Å². The van der Waals surface area contributed by atoms with Gasteiger partial charge in [0.25, 0.3) is 0 Å². The summed E-state index contributed by atoms with van der Waals surface area (Å²) in [4.78, 5) is 13.1. The van der Waals surface area contributed by atoms with Gasteiger partial charge in [-0.2, -0.15) is 0 Å². The summed E-state index contributed by atoms with van der Waals surface area (Å²) in [5.41, 5.74) is 4.04. The second-order valence-corrected chi connectivity index (χ2v) is 5.54. The molecule has 104 valence electrons. The second kappa shape index (κ2) is 8.78. The Morgan fingerprint density at radius 3 is 2.45 bits per heavy atom. The quantitative estimate of drug-likeness (QED) is 0.538. The molecular weight excluding hydrogens is 277 g/mol. The molecule has 3 nitrogen and oxygen atoms in total. The van der Waals surface area contributed by atoms with E-state index in [1.165, 1.54) is 43.5 Å². The van der Waals surface area contributed by atoms with Gasteiger partial charge in [0.1, 0.15) is 0 Å². The maximum atomic E-state index is 10.5. The molecule has 0 unspecified atom stereocenters. The second-order valence-electron chi connectivity index (χ2n) is 5.54. The molecule has 1 aliphatic heterocycles. The van der Waals surface area contributed by atoms with Crippen molar-refractivity contribution in [2.75, 3.05) is 13.1 Å². The van der Waals surface area contributed by atoms with Crippen molar-refractivity contribution in [2.24, 2.45) is 0 Å². The fraction of sp³-hybridized carbons (Fsp3) is 0.562. The monoisotopic (exact) mass is 298 g/mol. The summed E-state index contributed by atoms with van der Waals surface area (Å²) in [5.74, 6) is 0. The van der Waals surface area contributed by atoms with Crippen molar-refractivity contribution in [1.82, 2.24) is 4.90 Å². The molecule has 0 bridgehead atoms. The van der Waals surface area contributed by atoms with Crippen LogP contribution in [0.1, 0.15) is 36.0 Å². The SMILES string of the molecule is O=[C-]Cc1ccc2c(c1)CCN(C1CCC1)CC2.[K+].[OH-]. The van der Waals surface area contributed by atoms with Crippen LogP contribution < -0.4 is 51.4 Å². The van der Waals surface area contributed by atoms with Gasteiger partial charge in [0, 0.05) is 19.1 Å². The Kier molecular flexibility index (Phi) is 8.12. The molecule has 1 aromatic carbocycles. The normalized spacial score (nSPS) is 18.8. The number of carbonyl (C=O) groups excluding carboxylic acids is 1. The number of rotatable bonds is 3. The Morgan fingerprint density at radius 2 is 1.85 bits per heavy atom. The molecule has 0 saturated heterocycles. The molecule has 4 heteroatoms. The minimum atomic E-state index is 0. The van der Waals surface area contributed by atoms with Gasteiger partial charge < -0.3 is 10.3 Å². The van der Waals surface area contributed by atoms with Crippen LogP contribution in [0, 0.1) is 0 Å². The Bertz CT molecular complexity index is 446. The summed E-state index contributed by atoms with van der Waals surface area (Å²) in [6, 6.07) is 7.36. The van der Waals surface area contributed by atoms with E-state index in [1.54, 1.807) is 0 Å². The molecule has 3 rings (SSSR count). The molecular formula is C16H21KNO2-. The van der Waals surface area contributed by atoms with Gasteiger partial charge in [-0.15, -0.1) is 6.42 Å². The summed E-state index contributed by atoms with van der Waals surface area (Å²) in [7, 11) is 0. The van der Waals surface area contributed by atoms with E-state index in [0.29, 0.717) is 6.42 Å². The molecule has 1 aliphatic carbocycles. The van der Waals surface area contributed by atoms with E-state index in [-0.39, 0.29) is 56.9 Å². The van der Waals surface area contributed by atoms with E-state index in [1.807, 2.05) is 6.29 Å². The Balaban J connectivity index is 0.000001000. The minimum Gasteiger partial charge on any atom is -0.870 e. The largest absolute Gasteiger partial charge is 1.00 e. The summed E-state index contributed by atoms with van der Waals surface area (Å²) in [6.45, 7) is 2.39. The molecule has 1 saturated carbocycles. The zero-order valence-corrected chi connectivity index (χ0v) is 15.4. The van der Waals surface area contributed by atoms with Gasteiger partial charge in [0.2, 0.25) is 0 Å². The van der Waals surface area contributed by atoms with Crippen LogP contribution in [0.4, 0.5) is 0 Å². The van der Waals surface area contributed by atoms with Gasteiger partial charge in [0.05, 0.1) is 0 Å². The summed E-state index contributed by atoms with van der Waals surface area (Å²) < 4.78 is 0. The molecule has 1 heterocycles. The third-order valence-corrected chi connectivity index (χ3v) is 4.47. The van der Waals surface area contributed by atoms with E-state index in [2.05, 4.69) is 23.1 Å². The zero-order chi connectivity index (χ0) is 12.4. The first-order valence-corrected chi connectivity index (χ1v) is 7.06. The van der Waals surface area contributed by atoms with Crippen molar-refractivity contribution in [2.45, 2.75) is 44.6 Å². The molecule has 1 aromatic rings. The molecule has 0 aromatic heterocycles. The number of hydrogen-bond donors (Lipinski definition) is 0. The van der Waals surface area contributed by atoms with Gasteiger partial charge in [0.15, 0.2) is 0 Å². The van der Waals surface area contributed by atoms with E-state index in [9.17, 15) is 4.79 Å². The molecule has 0 atom stereocenters. The Hall–Kier alpha value is 0.446. The van der Waals surface area contributed by atoms with Crippen molar-refractivity contribution >= 4 is 6.29 Å². The van der Waals surface area contributed by atoms with E-state index >= 15 is 0 Å². The molecule has 0 amide bonds. The zero-order valence-electron chi connectivity index (χ0n) is 12.3. The number of fused-ring (bicyclic) bond motifs is 1. The molecule has 1 N–H and O–H groups in total. The molecule has 2 aliphatic rings. The minimum absolute atomic E-state index is 0. The third-order valence-electron chi connectivity index (χ3n) is 4.47. The maximum absolute atomic E-state index is 10.5. The fourth-order valence-electron chi connectivity index (χ4n) is 3.11. The van der Waals surface area contributed by atoms with E-state index in [4.69, 9.17) is 0 Å². The molecule has 0 radical (unpaired) electrons. The van der Waals surface area contributed by atoms with Gasteiger partial charge in [-0.25, -0.2) is 0 Å². The first-order valence-electron chi connectivity index (χ1n) is 7.06. The van der Waals surface area contributed by atoms with Crippen LogP contribution in [0.5, 0.6) is 0 Å². The summed E-state index contributed by atoms with van der Waals surface area (Å²) >= 11 is 0. The third kappa shape index (κ3) is 4.23.